The van der Waals surface area contributed by atoms with Gasteiger partial charge < -0.3 is 10.2 Å². The summed E-state index contributed by atoms with van der Waals surface area (Å²) in [5.74, 6) is -0.155. The van der Waals surface area contributed by atoms with Crippen molar-refractivity contribution in [2.24, 2.45) is 5.92 Å². The van der Waals surface area contributed by atoms with Crippen LogP contribution in [0.25, 0.3) is 0 Å². The molecule has 1 aliphatic rings. The Hall–Kier alpha value is -1.55. The smallest absolute Gasteiger partial charge is 0.223 e. The van der Waals surface area contributed by atoms with E-state index >= 15 is 0 Å². The predicted octanol–water partition coefficient (Wildman–Crippen LogP) is 1.87. The first-order valence-electron chi connectivity index (χ1n) is 6.82. The highest BCUT2D eigenvalue weighted by Gasteiger charge is 2.28. The third-order valence-electron chi connectivity index (χ3n) is 3.63. The van der Waals surface area contributed by atoms with Crippen LogP contribution in [-0.4, -0.2) is 36.9 Å². The largest absolute Gasteiger partial charge is 0.356 e. The van der Waals surface area contributed by atoms with Crippen LogP contribution in [0.1, 0.15) is 18.4 Å². The van der Waals surface area contributed by atoms with E-state index in [1.165, 1.54) is 0 Å². The molecule has 0 radical (unpaired) electrons. The van der Waals surface area contributed by atoms with E-state index < -0.39 is 0 Å². The van der Waals surface area contributed by atoms with Gasteiger partial charge in [0.25, 0.3) is 0 Å². The maximum Gasteiger partial charge on any atom is 0.223 e. The van der Waals surface area contributed by atoms with Crippen molar-refractivity contribution in [1.29, 1.82) is 0 Å². The maximum atomic E-state index is 12.0. The van der Waals surface area contributed by atoms with Gasteiger partial charge in [0.15, 0.2) is 0 Å². The Kier molecular flexibility index (Phi) is 5.01. The molecule has 0 spiro atoms. The van der Waals surface area contributed by atoms with E-state index in [-0.39, 0.29) is 17.7 Å². The number of nitrogens with zero attached hydrogens (tertiary/aromatic N) is 1. The van der Waals surface area contributed by atoms with E-state index in [2.05, 4.69) is 5.32 Å². The summed E-state index contributed by atoms with van der Waals surface area (Å²) < 4.78 is 0. The number of rotatable bonds is 4. The molecule has 2 rings (SSSR count). The molecule has 5 heteroatoms. The highest BCUT2D eigenvalue weighted by Crippen LogP contribution is 2.17. The predicted molar refractivity (Wildman–Crippen MR) is 78.5 cm³/mol. The second-order valence-corrected chi connectivity index (χ2v) is 5.61. The van der Waals surface area contributed by atoms with E-state index in [1.54, 1.807) is 11.9 Å². The number of piperidine rings is 1. The van der Waals surface area contributed by atoms with Crippen LogP contribution in [0.5, 0.6) is 0 Å². The summed E-state index contributed by atoms with van der Waals surface area (Å²) >= 11 is 5.91. The molecular weight excluding hydrogens is 276 g/mol. The summed E-state index contributed by atoms with van der Waals surface area (Å²) in [4.78, 5) is 25.2. The van der Waals surface area contributed by atoms with Gasteiger partial charge in [-0.05, 0) is 30.5 Å². The summed E-state index contributed by atoms with van der Waals surface area (Å²) in [5.41, 5.74) is 1.09. The molecule has 0 aliphatic carbocycles. The average Bonchev–Trinajstić information content (AvgIpc) is 2.42. The van der Waals surface area contributed by atoms with Crippen LogP contribution in [0.15, 0.2) is 24.3 Å². The third-order valence-corrected chi connectivity index (χ3v) is 3.87. The van der Waals surface area contributed by atoms with Gasteiger partial charge in [0, 0.05) is 37.5 Å². The van der Waals surface area contributed by atoms with Crippen molar-refractivity contribution in [2.75, 3.05) is 20.1 Å². The normalized spacial score (nSPS) is 19.0. The minimum Gasteiger partial charge on any atom is -0.356 e. The first kappa shape index (κ1) is 14.9. The molecule has 1 heterocycles. The lowest BCUT2D eigenvalue weighted by molar-refractivity contribution is -0.139. The summed E-state index contributed by atoms with van der Waals surface area (Å²) in [7, 11) is 1.77. The van der Waals surface area contributed by atoms with Crippen LogP contribution >= 0.6 is 11.6 Å². The van der Waals surface area contributed by atoms with Gasteiger partial charge in [-0.3, -0.25) is 9.59 Å². The van der Waals surface area contributed by atoms with Crippen molar-refractivity contribution in [2.45, 2.75) is 19.3 Å². The number of amides is 2. The zero-order valence-corrected chi connectivity index (χ0v) is 12.3. The molecule has 2 amide bonds. The molecule has 1 N–H and O–H groups in total. The summed E-state index contributed by atoms with van der Waals surface area (Å²) in [6.07, 6.45) is 1.80. The molecule has 1 aromatic rings. The van der Waals surface area contributed by atoms with E-state index in [0.717, 1.165) is 18.4 Å². The second kappa shape index (κ2) is 6.75. The van der Waals surface area contributed by atoms with Crippen molar-refractivity contribution in [3.8, 4) is 0 Å². The van der Waals surface area contributed by atoms with Gasteiger partial charge >= 0.3 is 0 Å². The summed E-state index contributed by atoms with van der Waals surface area (Å²) in [5, 5.41) is 3.61. The van der Waals surface area contributed by atoms with Crippen molar-refractivity contribution in [3.63, 3.8) is 0 Å². The molecular formula is C15H19ClN2O2. The first-order valence-corrected chi connectivity index (χ1v) is 7.20. The van der Waals surface area contributed by atoms with Gasteiger partial charge in [-0.1, -0.05) is 23.7 Å². The summed E-state index contributed by atoms with van der Waals surface area (Å²) in [6, 6.07) is 7.60. The fourth-order valence-corrected chi connectivity index (χ4v) is 2.55. The lowest BCUT2D eigenvalue weighted by Gasteiger charge is -2.27. The second-order valence-electron chi connectivity index (χ2n) is 5.18. The van der Waals surface area contributed by atoms with Crippen molar-refractivity contribution in [1.82, 2.24) is 10.2 Å². The lowest BCUT2D eigenvalue weighted by atomic mass is 9.95. The monoisotopic (exact) mass is 294 g/mol. The highest BCUT2D eigenvalue weighted by molar-refractivity contribution is 6.30. The number of nitrogens with one attached hydrogen (secondary N) is 1. The molecule has 1 atom stereocenters. The molecule has 1 aromatic carbocycles. The van der Waals surface area contributed by atoms with E-state index in [9.17, 15) is 9.59 Å². The van der Waals surface area contributed by atoms with Crippen molar-refractivity contribution >= 4 is 23.4 Å². The van der Waals surface area contributed by atoms with Crippen molar-refractivity contribution in [3.05, 3.63) is 34.9 Å². The minimum absolute atomic E-state index is 0.0199. The molecule has 4 nitrogen and oxygen atoms in total. The Morgan fingerprint density at radius 1 is 1.50 bits per heavy atom. The number of carbonyl (C=O) groups excluding carboxylic acids is 2. The number of hydrogen-bond donors (Lipinski definition) is 1. The number of likely N-dealkylation sites (tertiary alicyclic amines) is 1. The minimum atomic E-state index is -0.182. The number of hydrogen-bond acceptors (Lipinski definition) is 2. The molecule has 1 fully saturated rings. The standard InChI is InChI=1S/C15H19ClN2O2/c1-18-8-6-12(10-14(18)19)15(20)17-7-5-11-3-2-4-13(16)9-11/h2-4,9,12H,5-8,10H2,1H3,(H,17,20). The average molecular weight is 295 g/mol. The Labute approximate surface area is 124 Å². The van der Waals surface area contributed by atoms with Gasteiger partial charge in [0.2, 0.25) is 11.8 Å². The van der Waals surface area contributed by atoms with Gasteiger partial charge in [-0.15, -0.1) is 0 Å². The fraction of sp³-hybridized carbons (Fsp3) is 0.467. The number of halogens is 1. The Morgan fingerprint density at radius 2 is 2.30 bits per heavy atom. The van der Waals surface area contributed by atoms with E-state index in [1.807, 2.05) is 24.3 Å². The summed E-state index contributed by atoms with van der Waals surface area (Å²) in [6.45, 7) is 1.23. The van der Waals surface area contributed by atoms with Crippen LogP contribution in [-0.2, 0) is 16.0 Å². The Bertz CT molecular complexity index is 504. The number of benzene rings is 1. The molecule has 108 valence electrons. The van der Waals surface area contributed by atoms with Crippen molar-refractivity contribution < 1.29 is 9.59 Å². The lowest BCUT2D eigenvalue weighted by Crippen LogP contribution is -2.42. The Morgan fingerprint density at radius 3 is 3.00 bits per heavy atom. The Balaban J connectivity index is 1.77. The van der Waals surface area contributed by atoms with Gasteiger partial charge in [0.05, 0.1) is 0 Å². The fourth-order valence-electron chi connectivity index (χ4n) is 2.33. The van der Waals surface area contributed by atoms with Crippen LogP contribution in [0.2, 0.25) is 5.02 Å². The number of carbonyl (C=O) groups is 2. The van der Waals surface area contributed by atoms with Gasteiger partial charge in [-0.2, -0.15) is 0 Å². The molecule has 1 aliphatic heterocycles. The molecule has 0 bridgehead atoms. The molecule has 1 saturated heterocycles. The molecule has 1 unspecified atom stereocenters. The zero-order valence-electron chi connectivity index (χ0n) is 11.6. The maximum absolute atomic E-state index is 12.0. The first-order chi connectivity index (χ1) is 9.56. The molecule has 20 heavy (non-hydrogen) atoms. The van der Waals surface area contributed by atoms with E-state index in [0.29, 0.717) is 24.5 Å². The topological polar surface area (TPSA) is 49.4 Å². The molecule has 0 saturated carbocycles. The van der Waals surface area contributed by atoms with Crippen LogP contribution in [0.4, 0.5) is 0 Å². The van der Waals surface area contributed by atoms with Crippen LogP contribution in [0.3, 0.4) is 0 Å². The van der Waals surface area contributed by atoms with Crippen LogP contribution < -0.4 is 5.32 Å². The quantitative estimate of drug-likeness (QED) is 0.921. The highest BCUT2D eigenvalue weighted by atomic mass is 35.5. The SMILES string of the molecule is CN1CCC(C(=O)NCCc2cccc(Cl)c2)CC1=O. The van der Waals surface area contributed by atoms with Gasteiger partial charge in [-0.25, -0.2) is 0 Å². The van der Waals surface area contributed by atoms with Crippen LogP contribution in [0, 0.1) is 5.92 Å². The third kappa shape index (κ3) is 3.97. The van der Waals surface area contributed by atoms with E-state index in [4.69, 9.17) is 11.6 Å². The molecule has 0 aromatic heterocycles. The zero-order chi connectivity index (χ0) is 14.5. The van der Waals surface area contributed by atoms with Gasteiger partial charge in [0.1, 0.15) is 0 Å².